The van der Waals surface area contributed by atoms with Crippen LogP contribution >= 0.6 is 0 Å². The number of hydrogen-bond donors (Lipinski definition) is 2. The monoisotopic (exact) mass is 289 g/mol. The molecule has 2 aliphatic rings. The Morgan fingerprint density at radius 2 is 2.33 bits per heavy atom. The van der Waals surface area contributed by atoms with Crippen molar-refractivity contribution in [2.24, 2.45) is 5.92 Å². The number of ether oxygens (including phenoxy) is 1. The smallest absolute Gasteiger partial charge is 0.251 e. The molecule has 4 heteroatoms. The van der Waals surface area contributed by atoms with Gasteiger partial charge in [0.05, 0.1) is 12.2 Å². The highest BCUT2D eigenvalue weighted by molar-refractivity contribution is 5.96. The van der Waals surface area contributed by atoms with Crippen LogP contribution in [0.15, 0.2) is 18.2 Å². The van der Waals surface area contributed by atoms with Crippen LogP contribution in [0, 0.1) is 5.92 Å². The molecule has 3 atom stereocenters. The summed E-state index contributed by atoms with van der Waals surface area (Å²) in [6.45, 7) is 3.52. The van der Waals surface area contributed by atoms with Gasteiger partial charge >= 0.3 is 0 Å². The highest BCUT2D eigenvalue weighted by atomic mass is 16.5. The fourth-order valence-electron chi connectivity index (χ4n) is 3.48. The average Bonchev–Trinajstić information content (AvgIpc) is 2.91. The van der Waals surface area contributed by atoms with Crippen LogP contribution in [0.25, 0.3) is 0 Å². The molecule has 0 aliphatic carbocycles. The third-order valence-corrected chi connectivity index (χ3v) is 4.70. The largest absolute Gasteiger partial charge is 0.388 e. The van der Waals surface area contributed by atoms with Gasteiger partial charge in [0.25, 0.3) is 5.91 Å². The molecule has 1 fully saturated rings. The van der Waals surface area contributed by atoms with Crippen LogP contribution < -0.4 is 5.32 Å². The van der Waals surface area contributed by atoms with Crippen molar-refractivity contribution < 1.29 is 14.6 Å². The molecule has 1 amide bonds. The van der Waals surface area contributed by atoms with Gasteiger partial charge in [-0.15, -0.1) is 0 Å². The lowest BCUT2D eigenvalue weighted by Crippen LogP contribution is -2.24. The topological polar surface area (TPSA) is 58.6 Å². The summed E-state index contributed by atoms with van der Waals surface area (Å²) in [7, 11) is 0. The first kappa shape index (κ1) is 14.5. The van der Waals surface area contributed by atoms with Crippen LogP contribution in [0.2, 0.25) is 0 Å². The number of aryl methyl sites for hydroxylation is 1. The minimum absolute atomic E-state index is 0.0220. The van der Waals surface area contributed by atoms with Crippen molar-refractivity contribution in [3.8, 4) is 0 Å². The number of nitrogens with one attached hydrogen (secondary N) is 1. The molecule has 114 valence electrons. The summed E-state index contributed by atoms with van der Waals surface area (Å²) in [4.78, 5) is 12.1. The van der Waals surface area contributed by atoms with E-state index in [1.807, 2.05) is 18.2 Å². The summed E-state index contributed by atoms with van der Waals surface area (Å²) < 4.78 is 5.67. The van der Waals surface area contributed by atoms with Gasteiger partial charge in [-0.1, -0.05) is 19.1 Å². The van der Waals surface area contributed by atoms with Crippen LogP contribution in [0.1, 0.15) is 53.8 Å². The zero-order valence-corrected chi connectivity index (χ0v) is 12.5. The average molecular weight is 289 g/mol. The maximum absolute atomic E-state index is 12.1. The second kappa shape index (κ2) is 6.16. The van der Waals surface area contributed by atoms with Gasteiger partial charge in [-0.2, -0.15) is 0 Å². The standard InChI is InChI=1S/C17H23NO3/c1-2-15-13(7-9-21-15)16(19)12-6-5-11-4-3-8-18-17(20)14(11)10-12/h5-6,10,13,15-16,19H,2-4,7-9H2,1H3,(H,18,20). The molecule has 0 saturated carbocycles. The molecule has 2 aliphatic heterocycles. The fourth-order valence-corrected chi connectivity index (χ4v) is 3.48. The van der Waals surface area contributed by atoms with Crippen molar-refractivity contribution in [2.75, 3.05) is 13.2 Å². The minimum Gasteiger partial charge on any atom is -0.388 e. The predicted molar refractivity (Wildman–Crippen MR) is 80.2 cm³/mol. The lowest BCUT2D eigenvalue weighted by molar-refractivity contribution is 0.0307. The van der Waals surface area contributed by atoms with Gasteiger partial charge in [0.1, 0.15) is 0 Å². The second-order valence-corrected chi connectivity index (χ2v) is 5.99. The molecule has 4 nitrogen and oxygen atoms in total. The third-order valence-electron chi connectivity index (χ3n) is 4.70. The molecule has 1 saturated heterocycles. The van der Waals surface area contributed by atoms with E-state index in [0.717, 1.165) is 48.9 Å². The lowest BCUT2D eigenvalue weighted by Gasteiger charge is -2.23. The molecule has 0 spiro atoms. The molecule has 2 N–H and O–H groups in total. The Morgan fingerprint density at radius 3 is 3.14 bits per heavy atom. The number of rotatable bonds is 3. The Labute approximate surface area is 125 Å². The van der Waals surface area contributed by atoms with Gasteiger partial charge in [-0.05, 0) is 42.9 Å². The fraction of sp³-hybridized carbons (Fsp3) is 0.588. The van der Waals surface area contributed by atoms with Crippen LogP contribution in [-0.4, -0.2) is 30.3 Å². The van der Waals surface area contributed by atoms with E-state index in [4.69, 9.17) is 4.74 Å². The summed E-state index contributed by atoms with van der Waals surface area (Å²) >= 11 is 0. The van der Waals surface area contributed by atoms with Gasteiger partial charge in [0.2, 0.25) is 0 Å². The quantitative estimate of drug-likeness (QED) is 0.897. The van der Waals surface area contributed by atoms with Gasteiger partial charge in [0, 0.05) is 24.6 Å². The maximum Gasteiger partial charge on any atom is 0.251 e. The van der Waals surface area contributed by atoms with Crippen LogP contribution in [0.5, 0.6) is 0 Å². The highest BCUT2D eigenvalue weighted by Gasteiger charge is 2.33. The SMILES string of the molecule is CCC1OCCC1C(O)c1ccc2c(c1)C(=O)NCCC2. The van der Waals surface area contributed by atoms with E-state index < -0.39 is 6.10 Å². The first-order chi connectivity index (χ1) is 10.2. The first-order valence-corrected chi connectivity index (χ1v) is 7.91. The van der Waals surface area contributed by atoms with Crippen molar-refractivity contribution >= 4 is 5.91 Å². The summed E-state index contributed by atoms with van der Waals surface area (Å²) in [5.74, 6) is 0.105. The summed E-state index contributed by atoms with van der Waals surface area (Å²) in [5.41, 5.74) is 2.63. The number of amides is 1. The van der Waals surface area contributed by atoms with E-state index in [9.17, 15) is 9.90 Å². The Bertz CT molecular complexity index is 529. The highest BCUT2D eigenvalue weighted by Crippen LogP contribution is 2.35. The van der Waals surface area contributed by atoms with E-state index in [0.29, 0.717) is 6.61 Å². The molecule has 0 radical (unpaired) electrons. The Hall–Kier alpha value is -1.39. The molecular weight excluding hydrogens is 266 g/mol. The zero-order valence-electron chi connectivity index (χ0n) is 12.5. The van der Waals surface area contributed by atoms with E-state index in [-0.39, 0.29) is 17.9 Å². The number of hydrogen-bond acceptors (Lipinski definition) is 3. The summed E-state index contributed by atoms with van der Waals surface area (Å²) in [6.07, 6.45) is 3.23. The first-order valence-electron chi connectivity index (χ1n) is 7.91. The van der Waals surface area contributed by atoms with Gasteiger partial charge < -0.3 is 15.2 Å². The van der Waals surface area contributed by atoms with Crippen molar-refractivity contribution in [3.63, 3.8) is 0 Å². The molecule has 1 aromatic carbocycles. The van der Waals surface area contributed by atoms with Gasteiger partial charge in [-0.25, -0.2) is 0 Å². The molecule has 21 heavy (non-hydrogen) atoms. The Kier molecular flexibility index (Phi) is 4.27. The number of carbonyl (C=O) groups excluding carboxylic acids is 1. The van der Waals surface area contributed by atoms with Crippen molar-refractivity contribution in [1.82, 2.24) is 5.32 Å². The van der Waals surface area contributed by atoms with E-state index in [2.05, 4.69) is 12.2 Å². The summed E-state index contributed by atoms with van der Waals surface area (Å²) in [6, 6.07) is 5.83. The lowest BCUT2D eigenvalue weighted by atomic mass is 9.87. The van der Waals surface area contributed by atoms with E-state index in [1.54, 1.807) is 0 Å². The molecular formula is C17H23NO3. The second-order valence-electron chi connectivity index (χ2n) is 5.99. The van der Waals surface area contributed by atoms with E-state index in [1.165, 1.54) is 0 Å². The molecule has 3 unspecified atom stereocenters. The Morgan fingerprint density at radius 1 is 1.48 bits per heavy atom. The molecule has 1 aromatic rings. The third kappa shape index (κ3) is 2.83. The van der Waals surface area contributed by atoms with Gasteiger partial charge in [0.15, 0.2) is 0 Å². The number of benzene rings is 1. The Balaban J connectivity index is 1.87. The number of carbonyl (C=O) groups is 1. The van der Waals surface area contributed by atoms with E-state index >= 15 is 0 Å². The molecule has 0 bridgehead atoms. The zero-order chi connectivity index (χ0) is 14.8. The maximum atomic E-state index is 12.1. The predicted octanol–water partition coefficient (Wildman–Crippen LogP) is 2.21. The molecule has 0 aromatic heterocycles. The van der Waals surface area contributed by atoms with Crippen molar-refractivity contribution in [1.29, 1.82) is 0 Å². The van der Waals surface area contributed by atoms with Crippen LogP contribution in [0.3, 0.4) is 0 Å². The number of aliphatic hydroxyl groups excluding tert-OH is 1. The molecule has 3 rings (SSSR count). The van der Waals surface area contributed by atoms with Crippen molar-refractivity contribution in [2.45, 2.75) is 44.8 Å². The summed E-state index contributed by atoms with van der Waals surface area (Å²) in [5, 5.41) is 13.6. The number of fused-ring (bicyclic) bond motifs is 1. The van der Waals surface area contributed by atoms with Crippen LogP contribution in [0.4, 0.5) is 0 Å². The van der Waals surface area contributed by atoms with Gasteiger partial charge in [-0.3, -0.25) is 4.79 Å². The minimum atomic E-state index is -0.557. The number of aliphatic hydroxyl groups is 1. The normalized spacial score (nSPS) is 26.9. The molecule has 2 heterocycles. The van der Waals surface area contributed by atoms with Crippen LogP contribution in [-0.2, 0) is 11.2 Å². The van der Waals surface area contributed by atoms with Crippen molar-refractivity contribution in [3.05, 3.63) is 34.9 Å².